The zero-order valence-corrected chi connectivity index (χ0v) is 10.2. The van der Waals surface area contributed by atoms with Gasteiger partial charge in [0.25, 0.3) is 0 Å². The van der Waals surface area contributed by atoms with Crippen molar-refractivity contribution in [3.05, 3.63) is 35.2 Å². The summed E-state index contributed by atoms with van der Waals surface area (Å²) in [6, 6.07) is 7.89. The highest BCUT2D eigenvalue weighted by atomic mass is 79.9. The molecule has 0 bridgehead atoms. The minimum Gasteiger partial charge on any atom is -0.496 e. The van der Waals surface area contributed by atoms with Crippen LogP contribution in [0.5, 0.6) is 5.75 Å². The molecular weight excluding hydrogens is 256 g/mol. The Balaban J connectivity index is 2.63. The van der Waals surface area contributed by atoms with E-state index in [1.165, 1.54) is 0 Å². The van der Waals surface area contributed by atoms with Crippen molar-refractivity contribution in [2.24, 2.45) is 7.05 Å². The molecule has 15 heavy (non-hydrogen) atoms. The lowest BCUT2D eigenvalue weighted by Gasteiger charge is -2.08. The fourth-order valence-corrected chi connectivity index (χ4v) is 2.13. The second-order valence-electron chi connectivity index (χ2n) is 3.20. The summed E-state index contributed by atoms with van der Waals surface area (Å²) < 4.78 is 8.11. The Morgan fingerprint density at radius 3 is 2.67 bits per heavy atom. The number of rotatable bonds is 2. The molecule has 0 aliphatic rings. The van der Waals surface area contributed by atoms with Gasteiger partial charge in [-0.3, -0.25) is 0 Å². The zero-order chi connectivity index (χ0) is 10.8. The highest BCUT2D eigenvalue weighted by Gasteiger charge is 2.12. The molecule has 0 aliphatic heterocycles. The Kier molecular flexibility index (Phi) is 2.77. The van der Waals surface area contributed by atoms with Gasteiger partial charge in [0.1, 0.15) is 10.4 Å². The fraction of sp³-hybridized carbons (Fsp3) is 0.182. The maximum atomic E-state index is 5.32. The van der Waals surface area contributed by atoms with Crippen LogP contribution in [0.2, 0.25) is 0 Å². The maximum Gasteiger partial charge on any atom is 0.132 e. The maximum absolute atomic E-state index is 5.32. The molecule has 78 valence electrons. The molecule has 1 aromatic heterocycles. The molecule has 2 aromatic rings. The van der Waals surface area contributed by atoms with E-state index in [-0.39, 0.29) is 0 Å². The normalized spacial score (nSPS) is 10.3. The van der Waals surface area contributed by atoms with Crippen molar-refractivity contribution >= 4 is 15.9 Å². The number of nitrogens with zero attached hydrogens (tertiary/aromatic N) is 2. The SMILES string of the molecule is COc1ccccc1-c1c(Br)ncn1C. The number of imidazole rings is 1. The van der Waals surface area contributed by atoms with Crippen LogP contribution in [-0.4, -0.2) is 16.7 Å². The van der Waals surface area contributed by atoms with Crippen LogP contribution in [0.3, 0.4) is 0 Å². The van der Waals surface area contributed by atoms with Crippen LogP contribution in [-0.2, 0) is 7.05 Å². The van der Waals surface area contributed by atoms with Crippen molar-refractivity contribution < 1.29 is 4.74 Å². The topological polar surface area (TPSA) is 27.1 Å². The number of ether oxygens (including phenoxy) is 1. The predicted octanol–water partition coefficient (Wildman–Crippen LogP) is 2.86. The molecule has 0 spiro atoms. The minimum absolute atomic E-state index is 0.828. The van der Waals surface area contributed by atoms with Gasteiger partial charge >= 0.3 is 0 Å². The number of halogens is 1. The average Bonchev–Trinajstić information content (AvgIpc) is 2.59. The molecule has 0 radical (unpaired) electrons. The molecule has 0 N–H and O–H groups in total. The average molecular weight is 267 g/mol. The van der Waals surface area contributed by atoms with Crippen LogP contribution in [0.1, 0.15) is 0 Å². The summed E-state index contributed by atoms with van der Waals surface area (Å²) in [5.74, 6) is 0.849. The summed E-state index contributed by atoms with van der Waals surface area (Å²) in [5, 5.41) is 0. The molecule has 1 heterocycles. The molecule has 0 unspecified atom stereocenters. The van der Waals surface area contributed by atoms with E-state index in [2.05, 4.69) is 20.9 Å². The van der Waals surface area contributed by atoms with Gasteiger partial charge < -0.3 is 9.30 Å². The number of aryl methyl sites for hydroxylation is 1. The molecule has 1 aromatic carbocycles. The molecule has 4 heteroatoms. The third-order valence-electron chi connectivity index (χ3n) is 2.25. The number of hydrogen-bond donors (Lipinski definition) is 0. The number of hydrogen-bond acceptors (Lipinski definition) is 2. The summed E-state index contributed by atoms with van der Waals surface area (Å²) in [7, 11) is 3.63. The Morgan fingerprint density at radius 1 is 1.33 bits per heavy atom. The second-order valence-corrected chi connectivity index (χ2v) is 3.95. The summed E-state index contributed by atoms with van der Waals surface area (Å²) in [4.78, 5) is 4.19. The second kappa shape index (κ2) is 4.06. The van der Waals surface area contributed by atoms with E-state index < -0.39 is 0 Å². The monoisotopic (exact) mass is 266 g/mol. The number of aromatic nitrogens is 2. The Hall–Kier alpha value is -1.29. The van der Waals surface area contributed by atoms with Crippen LogP contribution in [0.4, 0.5) is 0 Å². The van der Waals surface area contributed by atoms with Gasteiger partial charge in [-0.2, -0.15) is 0 Å². The quantitative estimate of drug-likeness (QED) is 0.836. The van der Waals surface area contributed by atoms with Gasteiger partial charge in [0, 0.05) is 12.6 Å². The smallest absolute Gasteiger partial charge is 0.132 e. The summed E-state index contributed by atoms with van der Waals surface area (Å²) in [6.45, 7) is 0. The van der Waals surface area contributed by atoms with Crippen LogP contribution in [0, 0.1) is 0 Å². The Morgan fingerprint density at radius 2 is 2.07 bits per heavy atom. The lowest BCUT2D eigenvalue weighted by atomic mass is 10.1. The van der Waals surface area contributed by atoms with Crippen molar-refractivity contribution in [1.29, 1.82) is 0 Å². The van der Waals surface area contributed by atoms with Crippen LogP contribution < -0.4 is 4.74 Å². The molecule has 0 amide bonds. The minimum atomic E-state index is 0.828. The first-order valence-corrected chi connectivity index (χ1v) is 5.33. The van der Waals surface area contributed by atoms with E-state index in [9.17, 15) is 0 Å². The van der Waals surface area contributed by atoms with E-state index >= 15 is 0 Å². The van der Waals surface area contributed by atoms with Gasteiger partial charge in [0.2, 0.25) is 0 Å². The standard InChI is InChI=1S/C11H11BrN2O/c1-14-7-13-11(12)10(14)8-5-3-4-6-9(8)15-2/h3-7H,1-2H3. The molecule has 0 atom stereocenters. The summed E-state index contributed by atoms with van der Waals surface area (Å²) >= 11 is 3.43. The van der Waals surface area contributed by atoms with E-state index in [1.54, 1.807) is 13.4 Å². The van der Waals surface area contributed by atoms with Crippen LogP contribution in [0.15, 0.2) is 35.2 Å². The van der Waals surface area contributed by atoms with Crippen molar-refractivity contribution in [2.45, 2.75) is 0 Å². The molecule has 2 rings (SSSR count). The van der Waals surface area contributed by atoms with Crippen LogP contribution in [0.25, 0.3) is 11.3 Å². The molecule has 0 saturated heterocycles. The Labute approximate surface area is 96.8 Å². The summed E-state index contributed by atoms with van der Waals surface area (Å²) in [5.41, 5.74) is 2.05. The first kappa shape index (κ1) is 10.2. The fourth-order valence-electron chi connectivity index (χ4n) is 1.54. The van der Waals surface area contributed by atoms with Gasteiger partial charge in [0.15, 0.2) is 0 Å². The van der Waals surface area contributed by atoms with Crippen molar-refractivity contribution in [3.63, 3.8) is 0 Å². The third kappa shape index (κ3) is 1.77. The van der Waals surface area contributed by atoms with Crippen molar-refractivity contribution in [2.75, 3.05) is 7.11 Å². The van der Waals surface area contributed by atoms with Gasteiger partial charge in [-0.05, 0) is 28.1 Å². The number of para-hydroxylation sites is 1. The molecule has 0 fully saturated rings. The van der Waals surface area contributed by atoms with E-state index in [1.807, 2.05) is 35.9 Å². The first-order valence-electron chi connectivity index (χ1n) is 4.54. The van der Waals surface area contributed by atoms with E-state index in [0.29, 0.717) is 0 Å². The van der Waals surface area contributed by atoms with Crippen molar-refractivity contribution in [3.8, 4) is 17.0 Å². The largest absolute Gasteiger partial charge is 0.496 e. The van der Waals surface area contributed by atoms with Crippen LogP contribution >= 0.6 is 15.9 Å². The lowest BCUT2D eigenvalue weighted by Crippen LogP contribution is -1.93. The highest BCUT2D eigenvalue weighted by Crippen LogP contribution is 2.33. The van der Waals surface area contributed by atoms with Crippen molar-refractivity contribution in [1.82, 2.24) is 9.55 Å². The Bertz CT molecular complexity index is 460. The van der Waals surface area contributed by atoms with E-state index in [4.69, 9.17) is 4.74 Å². The number of methoxy groups -OCH3 is 1. The summed E-state index contributed by atoms with van der Waals surface area (Å²) in [6.07, 6.45) is 1.77. The highest BCUT2D eigenvalue weighted by molar-refractivity contribution is 9.10. The van der Waals surface area contributed by atoms with Gasteiger partial charge in [-0.25, -0.2) is 4.98 Å². The van der Waals surface area contributed by atoms with E-state index in [0.717, 1.165) is 21.6 Å². The molecule has 3 nitrogen and oxygen atoms in total. The lowest BCUT2D eigenvalue weighted by molar-refractivity contribution is 0.416. The molecule has 0 aliphatic carbocycles. The zero-order valence-electron chi connectivity index (χ0n) is 8.57. The molecule has 0 saturated carbocycles. The number of benzene rings is 1. The van der Waals surface area contributed by atoms with Gasteiger partial charge in [0.05, 0.1) is 19.1 Å². The van der Waals surface area contributed by atoms with Gasteiger partial charge in [-0.1, -0.05) is 12.1 Å². The first-order chi connectivity index (χ1) is 7.24. The third-order valence-corrected chi connectivity index (χ3v) is 2.83. The molecular formula is C11H11BrN2O. The predicted molar refractivity (Wildman–Crippen MR) is 62.9 cm³/mol. The van der Waals surface area contributed by atoms with Gasteiger partial charge in [-0.15, -0.1) is 0 Å².